The van der Waals surface area contributed by atoms with Gasteiger partial charge in [-0.2, -0.15) is 0 Å². The van der Waals surface area contributed by atoms with E-state index < -0.39 is 4.92 Å². The number of aryl methyl sites for hydroxylation is 1. The van der Waals surface area contributed by atoms with Gasteiger partial charge in [-0.3, -0.25) is 10.1 Å². The quantitative estimate of drug-likeness (QED) is 0.609. The summed E-state index contributed by atoms with van der Waals surface area (Å²) in [6, 6.07) is 4.37. The Morgan fingerprint density at radius 2 is 2.26 bits per heavy atom. The fourth-order valence-corrected chi connectivity index (χ4v) is 1.52. The number of methoxy groups -OCH3 is 1. The third-order valence-electron chi connectivity index (χ3n) is 2.38. The van der Waals surface area contributed by atoms with Gasteiger partial charge < -0.3 is 13.9 Å². The highest BCUT2D eigenvalue weighted by molar-refractivity contribution is 5.50. The summed E-state index contributed by atoms with van der Waals surface area (Å²) in [7, 11) is 1.37. The second kappa shape index (κ2) is 5.38. The molecule has 0 aliphatic rings. The van der Waals surface area contributed by atoms with E-state index in [4.69, 9.17) is 13.9 Å². The highest BCUT2D eigenvalue weighted by Gasteiger charge is 2.16. The summed E-state index contributed by atoms with van der Waals surface area (Å²) in [6.07, 6.45) is 1.58. The smallest absolute Gasteiger partial charge is 0.314 e. The Kier molecular flexibility index (Phi) is 3.65. The lowest BCUT2D eigenvalue weighted by Crippen LogP contribution is -1.98. The SMILES string of the molecule is COc1ccc(OCc2ncc(C)o2)cc1[N+](=O)[O-]. The van der Waals surface area contributed by atoms with Crippen LogP contribution in [-0.4, -0.2) is 17.0 Å². The van der Waals surface area contributed by atoms with Crippen molar-refractivity contribution in [3.63, 3.8) is 0 Å². The Morgan fingerprint density at radius 1 is 1.47 bits per heavy atom. The molecule has 1 aromatic heterocycles. The molecule has 1 heterocycles. The monoisotopic (exact) mass is 264 g/mol. The second-order valence-corrected chi connectivity index (χ2v) is 3.74. The minimum Gasteiger partial charge on any atom is -0.490 e. The van der Waals surface area contributed by atoms with E-state index >= 15 is 0 Å². The molecule has 0 atom stereocenters. The van der Waals surface area contributed by atoms with Crippen molar-refractivity contribution in [2.24, 2.45) is 0 Å². The van der Waals surface area contributed by atoms with Gasteiger partial charge in [0.1, 0.15) is 11.5 Å². The van der Waals surface area contributed by atoms with Crippen LogP contribution in [0.15, 0.2) is 28.8 Å². The molecule has 19 heavy (non-hydrogen) atoms. The van der Waals surface area contributed by atoms with Crippen LogP contribution in [0.4, 0.5) is 5.69 Å². The number of aromatic nitrogens is 1. The second-order valence-electron chi connectivity index (χ2n) is 3.74. The molecule has 0 bridgehead atoms. The Hall–Kier alpha value is -2.57. The van der Waals surface area contributed by atoms with Gasteiger partial charge in [-0.05, 0) is 19.1 Å². The van der Waals surface area contributed by atoms with Crippen LogP contribution in [0.5, 0.6) is 11.5 Å². The number of nitro groups is 1. The molecule has 2 aromatic rings. The predicted octanol–water partition coefficient (Wildman–Crippen LogP) is 2.48. The van der Waals surface area contributed by atoms with E-state index in [0.717, 1.165) is 0 Å². The molecular weight excluding hydrogens is 252 g/mol. The van der Waals surface area contributed by atoms with E-state index in [0.29, 0.717) is 17.4 Å². The molecule has 7 heteroatoms. The molecule has 0 spiro atoms. The summed E-state index contributed by atoms with van der Waals surface area (Å²) in [4.78, 5) is 14.3. The molecule has 0 aliphatic heterocycles. The van der Waals surface area contributed by atoms with Crippen molar-refractivity contribution < 1.29 is 18.8 Å². The molecule has 0 saturated heterocycles. The van der Waals surface area contributed by atoms with Crippen molar-refractivity contribution in [2.45, 2.75) is 13.5 Å². The number of nitrogens with zero attached hydrogens (tertiary/aromatic N) is 2. The molecule has 0 unspecified atom stereocenters. The van der Waals surface area contributed by atoms with E-state index in [1.54, 1.807) is 19.2 Å². The number of benzene rings is 1. The number of nitro benzene ring substituents is 1. The molecule has 0 saturated carbocycles. The summed E-state index contributed by atoms with van der Waals surface area (Å²) in [5, 5.41) is 10.8. The van der Waals surface area contributed by atoms with Gasteiger partial charge in [0.2, 0.25) is 5.89 Å². The first-order chi connectivity index (χ1) is 9.10. The van der Waals surface area contributed by atoms with Crippen LogP contribution >= 0.6 is 0 Å². The van der Waals surface area contributed by atoms with Gasteiger partial charge in [-0.25, -0.2) is 4.98 Å². The molecule has 0 aliphatic carbocycles. The number of hydrogen-bond donors (Lipinski definition) is 0. The van der Waals surface area contributed by atoms with Crippen LogP contribution in [0.1, 0.15) is 11.7 Å². The highest BCUT2D eigenvalue weighted by atomic mass is 16.6. The topological polar surface area (TPSA) is 87.6 Å². The van der Waals surface area contributed by atoms with Crippen molar-refractivity contribution in [1.82, 2.24) is 4.98 Å². The molecule has 2 rings (SSSR count). The third-order valence-corrected chi connectivity index (χ3v) is 2.38. The predicted molar refractivity (Wildman–Crippen MR) is 65.2 cm³/mol. The van der Waals surface area contributed by atoms with Gasteiger partial charge in [0.05, 0.1) is 24.3 Å². The summed E-state index contributed by atoms with van der Waals surface area (Å²) in [5.74, 6) is 1.63. The Balaban J connectivity index is 2.12. The summed E-state index contributed by atoms with van der Waals surface area (Å²) in [6.45, 7) is 1.88. The average molecular weight is 264 g/mol. The van der Waals surface area contributed by atoms with E-state index in [1.165, 1.54) is 19.2 Å². The molecular formula is C12H12N2O5. The summed E-state index contributed by atoms with van der Waals surface area (Å²) >= 11 is 0. The molecule has 100 valence electrons. The van der Waals surface area contributed by atoms with E-state index in [9.17, 15) is 10.1 Å². The van der Waals surface area contributed by atoms with Crippen LogP contribution in [0.25, 0.3) is 0 Å². The van der Waals surface area contributed by atoms with Crippen molar-refractivity contribution in [3.05, 3.63) is 46.2 Å². The minimum absolute atomic E-state index is 0.108. The van der Waals surface area contributed by atoms with Crippen LogP contribution in [-0.2, 0) is 6.61 Å². The van der Waals surface area contributed by atoms with Gasteiger partial charge in [-0.1, -0.05) is 0 Å². The van der Waals surface area contributed by atoms with E-state index in [-0.39, 0.29) is 18.0 Å². The van der Waals surface area contributed by atoms with Crippen LogP contribution < -0.4 is 9.47 Å². The first-order valence-corrected chi connectivity index (χ1v) is 5.46. The lowest BCUT2D eigenvalue weighted by molar-refractivity contribution is -0.385. The van der Waals surface area contributed by atoms with Gasteiger partial charge >= 0.3 is 5.69 Å². The Labute approximate surface area is 108 Å². The standard InChI is InChI=1S/C12H12N2O5/c1-8-6-13-12(19-8)7-18-9-3-4-11(17-2)10(5-9)14(15)16/h3-6H,7H2,1-2H3. The first kappa shape index (κ1) is 12.9. The molecule has 0 radical (unpaired) electrons. The van der Waals surface area contributed by atoms with Crippen LogP contribution in [0.3, 0.4) is 0 Å². The number of ether oxygens (including phenoxy) is 2. The largest absolute Gasteiger partial charge is 0.490 e. The summed E-state index contributed by atoms with van der Waals surface area (Å²) < 4.78 is 15.5. The maximum absolute atomic E-state index is 10.8. The highest BCUT2D eigenvalue weighted by Crippen LogP contribution is 2.30. The zero-order valence-electron chi connectivity index (χ0n) is 10.5. The van der Waals surface area contributed by atoms with Crippen molar-refractivity contribution >= 4 is 5.69 Å². The zero-order valence-corrected chi connectivity index (χ0v) is 10.5. The van der Waals surface area contributed by atoms with Gasteiger partial charge in [-0.15, -0.1) is 0 Å². The fourth-order valence-electron chi connectivity index (χ4n) is 1.52. The Bertz CT molecular complexity index is 594. The van der Waals surface area contributed by atoms with Crippen LogP contribution in [0.2, 0.25) is 0 Å². The number of rotatable bonds is 5. The molecule has 0 amide bonds. The zero-order chi connectivity index (χ0) is 13.8. The normalized spacial score (nSPS) is 10.2. The molecule has 0 N–H and O–H groups in total. The van der Waals surface area contributed by atoms with Crippen molar-refractivity contribution in [1.29, 1.82) is 0 Å². The molecule has 0 fully saturated rings. The lowest BCUT2D eigenvalue weighted by Gasteiger charge is -2.05. The lowest BCUT2D eigenvalue weighted by atomic mass is 10.3. The van der Waals surface area contributed by atoms with Gasteiger partial charge in [0.15, 0.2) is 12.4 Å². The Morgan fingerprint density at radius 3 is 2.84 bits per heavy atom. The molecule has 1 aromatic carbocycles. The average Bonchev–Trinajstić information content (AvgIpc) is 2.81. The molecule has 7 nitrogen and oxygen atoms in total. The van der Waals surface area contributed by atoms with Gasteiger partial charge in [0, 0.05) is 0 Å². The summed E-state index contributed by atoms with van der Waals surface area (Å²) in [5.41, 5.74) is -0.149. The minimum atomic E-state index is -0.527. The van der Waals surface area contributed by atoms with Crippen molar-refractivity contribution in [3.8, 4) is 11.5 Å². The first-order valence-electron chi connectivity index (χ1n) is 5.46. The number of hydrogen-bond acceptors (Lipinski definition) is 6. The van der Waals surface area contributed by atoms with Gasteiger partial charge in [0.25, 0.3) is 0 Å². The van der Waals surface area contributed by atoms with E-state index in [1.807, 2.05) is 0 Å². The maximum atomic E-state index is 10.8. The van der Waals surface area contributed by atoms with Crippen LogP contribution in [0, 0.1) is 17.0 Å². The maximum Gasteiger partial charge on any atom is 0.314 e. The fraction of sp³-hybridized carbons (Fsp3) is 0.250. The van der Waals surface area contributed by atoms with Crippen molar-refractivity contribution in [2.75, 3.05) is 7.11 Å². The third kappa shape index (κ3) is 3.01. The number of oxazole rings is 1. The van der Waals surface area contributed by atoms with E-state index in [2.05, 4.69) is 4.98 Å².